The van der Waals surface area contributed by atoms with Crippen molar-refractivity contribution in [3.05, 3.63) is 58.6 Å². The number of nitrogens with zero attached hydrogens (tertiary/aromatic N) is 5. The van der Waals surface area contributed by atoms with Crippen LogP contribution in [0.15, 0.2) is 30.6 Å². The Morgan fingerprint density at radius 3 is 2.48 bits per heavy atom. The van der Waals surface area contributed by atoms with Gasteiger partial charge in [0.05, 0.1) is 12.4 Å². The Morgan fingerprint density at radius 2 is 1.84 bits per heavy atom. The van der Waals surface area contributed by atoms with Crippen LogP contribution in [-0.4, -0.2) is 30.9 Å². The van der Waals surface area contributed by atoms with E-state index >= 15 is 0 Å². The number of nitrogens with two attached hydrogens (primary N) is 1. The summed E-state index contributed by atoms with van der Waals surface area (Å²) in [5.74, 6) is -2.53. The number of hydrogen-bond donors (Lipinski definition) is 2. The molecule has 2 heterocycles. The molecular formula is C14H10ClF2N7O. The molecule has 1 amide bonds. The number of anilines is 1. The molecule has 0 saturated heterocycles. The highest BCUT2D eigenvalue weighted by molar-refractivity contribution is 6.31. The van der Waals surface area contributed by atoms with Gasteiger partial charge in [0, 0.05) is 12.1 Å². The molecule has 3 aromatic rings. The normalized spacial score (nSPS) is 10.7. The van der Waals surface area contributed by atoms with Crippen LogP contribution in [0.4, 0.5) is 14.6 Å². The van der Waals surface area contributed by atoms with Crippen molar-refractivity contribution in [1.82, 2.24) is 30.3 Å². The van der Waals surface area contributed by atoms with Gasteiger partial charge in [-0.05, 0) is 12.1 Å². The van der Waals surface area contributed by atoms with Crippen molar-refractivity contribution >= 4 is 23.3 Å². The second-order valence-electron chi connectivity index (χ2n) is 4.77. The van der Waals surface area contributed by atoms with Gasteiger partial charge in [0.1, 0.15) is 11.6 Å². The SMILES string of the molecule is Nc1nc(-n2nccn2)c(Cl)nc1C(=O)NCc1c(F)cccc1F. The smallest absolute Gasteiger partial charge is 0.274 e. The molecule has 0 aliphatic carbocycles. The Kier molecular flexibility index (Phi) is 4.52. The maximum absolute atomic E-state index is 13.6. The van der Waals surface area contributed by atoms with Gasteiger partial charge in [0.2, 0.25) is 5.82 Å². The van der Waals surface area contributed by atoms with Crippen molar-refractivity contribution in [1.29, 1.82) is 0 Å². The van der Waals surface area contributed by atoms with E-state index in [2.05, 4.69) is 25.5 Å². The van der Waals surface area contributed by atoms with Gasteiger partial charge in [-0.2, -0.15) is 10.2 Å². The van der Waals surface area contributed by atoms with Gasteiger partial charge in [0.25, 0.3) is 5.91 Å². The molecule has 3 N–H and O–H groups in total. The molecule has 11 heteroatoms. The average Bonchev–Trinajstić information content (AvgIpc) is 3.10. The Bertz CT molecular complexity index is 913. The summed E-state index contributed by atoms with van der Waals surface area (Å²) in [5, 5.41) is 9.84. The number of nitrogen functional groups attached to an aromatic ring is 1. The highest BCUT2D eigenvalue weighted by Crippen LogP contribution is 2.18. The molecule has 128 valence electrons. The number of rotatable bonds is 4. The number of amides is 1. The van der Waals surface area contributed by atoms with Gasteiger partial charge in [0.15, 0.2) is 16.7 Å². The van der Waals surface area contributed by atoms with Gasteiger partial charge in [-0.15, -0.1) is 4.80 Å². The fourth-order valence-electron chi connectivity index (χ4n) is 1.99. The number of benzene rings is 1. The van der Waals surface area contributed by atoms with Crippen LogP contribution in [0.5, 0.6) is 0 Å². The lowest BCUT2D eigenvalue weighted by atomic mass is 10.2. The maximum Gasteiger partial charge on any atom is 0.274 e. The average molecular weight is 366 g/mol. The minimum atomic E-state index is -0.783. The third-order valence-electron chi connectivity index (χ3n) is 3.17. The summed E-state index contributed by atoms with van der Waals surface area (Å²) in [6, 6.07) is 3.39. The molecule has 0 unspecified atom stereocenters. The van der Waals surface area contributed by atoms with Gasteiger partial charge >= 0.3 is 0 Å². The fraction of sp³-hybridized carbons (Fsp3) is 0.0714. The van der Waals surface area contributed by atoms with E-state index < -0.39 is 24.1 Å². The van der Waals surface area contributed by atoms with Crippen LogP contribution in [0.25, 0.3) is 5.82 Å². The summed E-state index contributed by atoms with van der Waals surface area (Å²) in [6.07, 6.45) is 2.80. The van der Waals surface area contributed by atoms with Crippen LogP contribution in [0.2, 0.25) is 5.15 Å². The molecule has 0 bridgehead atoms. The molecule has 0 fully saturated rings. The van der Waals surface area contributed by atoms with E-state index in [0.717, 1.165) is 16.9 Å². The van der Waals surface area contributed by atoms with Crippen LogP contribution in [0, 0.1) is 11.6 Å². The third-order valence-corrected chi connectivity index (χ3v) is 3.43. The first-order valence-corrected chi connectivity index (χ1v) is 7.26. The predicted octanol–water partition coefficient (Wildman–Crippen LogP) is 1.50. The summed E-state index contributed by atoms with van der Waals surface area (Å²) >= 11 is 5.97. The summed E-state index contributed by atoms with van der Waals surface area (Å²) in [6.45, 7) is -0.390. The predicted molar refractivity (Wildman–Crippen MR) is 83.9 cm³/mol. The Morgan fingerprint density at radius 1 is 1.20 bits per heavy atom. The monoisotopic (exact) mass is 365 g/mol. The van der Waals surface area contributed by atoms with Gasteiger partial charge in [-0.25, -0.2) is 18.7 Å². The van der Waals surface area contributed by atoms with Gasteiger partial charge in [-0.3, -0.25) is 4.79 Å². The minimum Gasteiger partial charge on any atom is -0.382 e. The lowest BCUT2D eigenvalue weighted by Crippen LogP contribution is -2.27. The topological polar surface area (TPSA) is 112 Å². The van der Waals surface area contributed by atoms with E-state index in [-0.39, 0.29) is 28.0 Å². The van der Waals surface area contributed by atoms with E-state index in [4.69, 9.17) is 17.3 Å². The zero-order valence-electron chi connectivity index (χ0n) is 12.4. The molecular weight excluding hydrogens is 356 g/mol. The van der Waals surface area contributed by atoms with E-state index in [9.17, 15) is 13.6 Å². The van der Waals surface area contributed by atoms with E-state index in [1.165, 1.54) is 18.5 Å². The van der Waals surface area contributed by atoms with Crippen LogP contribution in [0.3, 0.4) is 0 Å². The number of carbonyl (C=O) groups is 1. The van der Waals surface area contributed by atoms with Crippen LogP contribution >= 0.6 is 11.6 Å². The zero-order chi connectivity index (χ0) is 18.0. The minimum absolute atomic E-state index is 0.0425. The highest BCUT2D eigenvalue weighted by Gasteiger charge is 2.19. The van der Waals surface area contributed by atoms with Crippen molar-refractivity contribution in [2.75, 3.05) is 5.73 Å². The second kappa shape index (κ2) is 6.77. The first kappa shape index (κ1) is 16.7. The molecule has 8 nitrogen and oxygen atoms in total. The first-order valence-electron chi connectivity index (χ1n) is 6.88. The molecule has 1 aromatic carbocycles. The number of halogens is 3. The lowest BCUT2D eigenvalue weighted by molar-refractivity contribution is 0.0946. The van der Waals surface area contributed by atoms with Crippen LogP contribution in [-0.2, 0) is 6.54 Å². The molecule has 2 aromatic heterocycles. The van der Waals surface area contributed by atoms with Crippen molar-refractivity contribution in [3.8, 4) is 5.82 Å². The van der Waals surface area contributed by atoms with Crippen molar-refractivity contribution in [2.45, 2.75) is 6.54 Å². The summed E-state index contributed by atoms with van der Waals surface area (Å²) < 4.78 is 27.2. The fourth-order valence-corrected chi connectivity index (χ4v) is 2.19. The summed E-state index contributed by atoms with van der Waals surface area (Å²) in [5.41, 5.74) is 5.15. The lowest BCUT2D eigenvalue weighted by Gasteiger charge is -2.10. The quantitative estimate of drug-likeness (QED) is 0.724. The summed E-state index contributed by atoms with van der Waals surface area (Å²) in [4.78, 5) is 21.1. The highest BCUT2D eigenvalue weighted by atomic mass is 35.5. The van der Waals surface area contributed by atoms with Crippen LogP contribution in [0.1, 0.15) is 16.1 Å². The molecule has 0 spiro atoms. The van der Waals surface area contributed by atoms with Gasteiger partial charge in [-0.1, -0.05) is 17.7 Å². The Hall–Kier alpha value is -3.14. The standard InChI is InChI=1S/C14H10ClF2N7O/c15-11-13(24-20-4-5-21-24)23-12(18)10(22-11)14(25)19-6-7-8(16)2-1-3-9(7)17/h1-5H,6H2,(H2,18,23)(H,19,25). The molecule has 0 atom stereocenters. The number of aromatic nitrogens is 5. The maximum atomic E-state index is 13.6. The Balaban J connectivity index is 1.82. The molecule has 0 aliphatic heterocycles. The van der Waals surface area contributed by atoms with Crippen molar-refractivity contribution in [3.63, 3.8) is 0 Å². The van der Waals surface area contributed by atoms with Crippen molar-refractivity contribution < 1.29 is 13.6 Å². The Labute approximate surface area is 144 Å². The molecule has 3 rings (SSSR count). The second-order valence-corrected chi connectivity index (χ2v) is 5.13. The zero-order valence-corrected chi connectivity index (χ0v) is 13.2. The van der Waals surface area contributed by atoms with Gasteiger partial charge < -0.3 is 11.1 Å². The van der Waals surface area contributed by atoms with E-state index in [0.29, 0.717) is 0 Å². The number of carbonyl (C=O) groups excluding carboxylic acids is 1. The molecule has 0 aliphatic rings. The molecule has 25 heavy (non-hydrogen) atoms. The van der Waals surface area contributed by atoms with Crippen LogP contribution < -0.4 is 11.1 Å². The summed E-state index contributed by atoms with van der Waals surface area (Å²) in [7, 11) is 0. The molecule has 0 saturated carbocycles. The van der Waals surface area contributed by atoms with Crippen molar-refractivity contribution in [2.24, 2.45) is 0 Å². The van der Waals surface area contributed by atoms with E-state index in [1.807, 2.05) is 0 Å². The largest absolute Gasteiger partial charge is 0.382 e. The molecule has 0 radical (unpaired) electrons. The number of hydrogen-bond acceptors (Lipinski definition) is 6. The van der Waals surface area contributed by atoms with E-state index in [1.54, 1.807) is 0 Å². The first-order chi connectivity index (χ1) is 12.0. The number of nitrogens with one attached hydrogen (secondary N) is 1. The third kappa shape index (κ3) is 3.38.